The lowest BCUT2D eigenvalue weighted by atomic mass is 10.00. The van der Waals surface area contributed by atoms with E-state index in [4.69, 9.17) is 4.74 Å². The van der Waals surface area contributed by atoms with Crippen LogP contribution in [0.15, 0.2) is 60.8 Å². The number of aromatic nitrogens is 1. The molecule has 1 atom stereocenters. The minimum Gasteiger partial charge on any atom is -0.506 e. The normalized spacial score (nSPS) is 12.4. The predicted octanol–water partition coefficient (Wildman–Crippen LogP) is 8.18. The molecule has 3 rings (SSSR count). The van der Waals surface area contributed by atoms with Crippen molar-refractivity contribution in [3.05, 3.63) is 78.0 Å². The van der Waals surface area contributed by atoms with Crippen LogP contribution < -0.4 is 0 Å². The number of nitrogens with zero attached hydrogens (tertiary/aromatic N) is 1. The molecule has 0 amide bonds. The lowest BCUT2D eigenvalue weighted by molar-refractivity contribution is 0.0566. The molecule has 1 aromatic heterocycles. The lowest BCUT2D eigenvalue weighted by Gasteiger charge is -2.12. The maximum atomic E-state index is 14.8. The fourth-order valence-electron chi connectivity index (χ4n) is 3.75. The second-order valence-corrected chi connectivity index (χ2v) is 8.53. The Morgan fingerprint density at radius 2 is 1.71 bits per heavy atom. The number of pyridine rings is 1. The van der Waals surface area contributed by atoms with Crippen LogP contribution in [0.3, 0.4) is 0 Å². The molecule has 0 aliphatic heterocycles. The summed E-state index contributed by atoms with van der Waals surface area (Å²) in [6.45, 7) is 5.06. The Kier molecular flexibility index (Phi) is 9.77. The molecule has 0 saturated heterocycles. The van der Waals surface area contributed by atoms with E-state index in [-0.39, 0.29) is 23.0 Å². The van der Waals surface area contributed by atoms with E-state index < -0.39 is 11.6 Å². The number of allylic oxidation sites excluding steroid dienone is 1. The largest absolute Gasteiger partial charge is 0.506 e. The summed E-state index contributed by atoms with van der Waals surface area (Å²) in [5, 5.41) is 9.37. The third-order valence-electron chi connectivity index (χ3n) is 5.78. The van der Waals surface area contributed by atoms with E-state index in [9.17, 15) is 13.9 Å². The second-order valence-electron chi connectivity index (χ2n) is 8.53. The van der Waals surface area contributed by atoms with Gasteiger partial charge in [-0.3, -0.25) is 4.98 Å². The van der Waals surface area contributed by atoms with Crippen LogP contribution in [0.5, 0.6) is 5.75 Å². The zero-order valence-corrected chi connectivity index (χ0v) is 19.9. The van der Waals surface area contributed by atoms with Crippen LogP contribution in [-0.2, 0) is 4.74 Å². The zero-order valence-electron chi connectivity index (χ0n) is 19.9. The molecule has 0 aliphatic carbocycles. The summed E-state index contributed by atoms with van der Waals surface area (Å²) in [6, 6.07) is 13.6. The number of hydrogen-bond acceptors (Lipinski definition) is 3. The van der Waals surface area contributed by atoms with Crippen molar-refractivity contribution in [2.24, 2.45) is 0 Å². The van der Waals surface area contributed by atoms with Gasteiger partial charge >= 0.3 is 0 Å². The Balaban J connectivity index is 1.56. The fraction of sp³-hybridized carbons (Fsp3) is 0.345. The summed E-state index contributed by atoms with van der Waals surface area (Å²) >= 11 is 0. The minimum atomic E-state index is -0.855. The van der Waals surface area contributed by atoms with E-state index in [1.807, 2.05) is 6.08 Å². The van der Waals surface area contributed by atoms with Gasteiger partial charge in [-0.1, -0.05) is 68.3 Å². The first-order valence-electron chi connectivity index (χ1n) is 12.0. The standard InChI is InChI=1S/C29H33F2NO2/c1-3-4-8-19-34-21(2)9-6-5-7-10-24-15-17-26(29(31)28(24)30)22-11-13-23(14-12-22)27-18-16-25(33)20-32-27/h7,10-18,20-21,33H,3-6,8-9,19H2,1-2H3/b10-7+. The number of benzene rings is 2. The summed E-state index contributed by atoms with van der Waals surface area (Å²) in [4.78, 5) is 4.17. The highest BCUT2D eigenvalue weighted by Crippen LogP contribution is 2.29. The first-order chi connectivity index (χ1) is 16.5. The second kappa shape index (κ2) is 13.0. The number of unbranched alkanes of at least 4 members (excludes halogenated alkanes) is 3. The predicted molar refractivity (Wildman–Crippen MR) is 135 cm³/mol. The van der Waals surface area contributed by atoms with Crippen LogP contribution in [0.1, 0.15) is 57.9 Å². The highest BCUT2D eigenvalue weighted by molar-refractivity contribution is 5.70. The van der Waals surface area contributed by atoms with Gasteiger partial charge in [0.25, 0.3) is 0 Å². The van der Waals surface area contributed by atoms with Crippen LogP contribution in [0.25, 0.3) is 28.5 Å². The lowest BCUT2D eigenvalue weighted by Crippen LogP contribution is -2.08. The van der Waals surface area contributed by atoms with Crippen molar-refractivity contribution < 1.29 is 18.6 Å². The van der Waals surface area contributed by atoms with E-state index in [1.165, 1.54) is 19.0 Å². The Labute approximate surface area is 201 Å². The molecule has 0 bridgehead atoms. The van der Waals surface area contributed by atoms with Gasteiger partial charge in [0.2, 0.25) is 0 Å². The van der Waals surface area contributed by atoms with Crippen molar-refractivity contribution in [2.75, 3.05) is 6.61 Å². The molecule has 1 heterocycles. The van der Waals surface area contributed by atoms with Gasteiger partial charge in [-0.15, -0.1) is 0 Å². The number of rotatable bonds is 12. The smallest absolute Gasteiger partial charge is 0.167 e. The summed E-state index contributed by atoms with van der Waals surface area (Å²) < 4.78 is 35.3. The highest BCUT2D eigenvalue weighted by Gasteiger charge is 2.14. The molecule has 3 nitrogen and oxygen atoms in total. The van der Waals surface area contributed by atoms with E-state index in [2.05, 4.69) is 18.8 Å². The van der Waals surface area contributed by atoms with Crippen LogP contribution in [-0.4, -0.2) is 22.8 Å². The van der Waals surface area contributed by atoms with Crippen molar-refractivity contribution in [3.8, 4) is 28.1 Å². The first kappa shape index (κ1) is 25.6. The first-order valence-corrected chi connectivity index (χ1v) is 12.0. The number of aromatic hydroxyl groups is 1. The molecule has 0 spiro atoms. The monoisotopic (exact) mass is 465 g/mol. The third kappa shape index (κ3) is 7.22. The Bertz CT molecular complexity index is 1060. The molecule has 1 N–H and O–H groups in total. The van der Waals surface area contributed by atoms with Crippen molar-refractivity contribution in [3.63, 3.8) is 0 Å². The minimum absolute atomic E-state index is 0.0911. The number of halogens is 2. The molecule has 34 heavy (non-hydrogen) atoms. The van der Waals surface area contributed by atoms with E-state index in [0.29, 0.717) is 11.3 Å². The molecule has 5 heteroatoms. The van der Waals surface area contributed by atoms with Gasteiger partial charge in [0.15, 0.2) is 11.6 Å². The van der Waals surface area contributed by atoms with Crippen LogP contribution in [0.4, 0.5) is 8.78 Å². The summed E-state index contributed by atoms with van der Waals surface area (Å²) in [5.41, 5.74) is 2.56. The van der Waals surface area contributed by atoms with Gasteiger partial charge in [-0.05, 0) is 50.3 Å². The molecule has 2 aromatic carbocycles. The fourth-order valence-corrected chi connectivity index (χ4v) is 3.75. The Hall–Kier alpha value is -3.05. The van der Waals surface area contributed by atoms with Crippen molar-refractivity contribution in [1.82, 2.24) is 4.98 Å². The molecule has 1 unspecified atom stereocenters. The average Bonchev–Trinajstić information content (AvgIpc) is 2.85. The van der Waals surface area contributed by atoms with Gasteiger partial charge < -0.3 is 9.84 Å². The van der Waals surface area contributed by atoms with Gasteiger partial charge in [-0.25, -0.2) is 8.78 Å². The topological polar surface area (TPSA) is 42.4 Å². The van der Waals surface area contributed by atoms with Gasteiger partial charge in [0.05, 0.1) is 18.0 Å². The van der Waals surface area contributed by atoms with Crippen molar-refractivity contribution in [1.29, 1.82) is 0 Å². The zero-order chi connectivity index (χ0) is 24.3. The third-order valence-corrected chi connectivity index (χ3v) is 5.78. The number of hydrogen-bond donors (Lipinski definition) is 1. The maximum absolute atomic E-state index is 14.8. The van der Waals surface area contributed by atoms with Crippen LogP contribution in [0, 0.1) is 11.6 Å². The van der Waals surface area contributed by atoms with E-state index >= 15 is 0 Å². The molecule has 0 saturated carbocycles. The molecule has 0 radical (unpaired) electrons. The van der Waals surface area contributed by atoms with E-state index in [1.54, 1.807) is 54.6 Å². The number of ether oxygens (including phenoxy) is 1. The molecule has 180 valence electrons. The van der Waals surface area contributed by atoms with E-state index in [0.717, 1.165) is 37.9 Å². The van der Waals surface area contributed by atoms with Crippen LogP contribution >= 0.6 is 0 Å². The Morgan fingerprint density at radius 1 is 0.941 bits per heavy atom. The SMILES string of the molecule is CCCCCOC(C)CCC/C=C/c1ccc(-c2ccc(-c3ccc(O)cn3)cc2)c(F)c1F. The molecule has 3 aromatic rings. The summed E-state index contributed by atoms with van der Waals surface area (Å²) in [5.74, 6) is -1.61. The van der Waals surface area contributed by atoms with Gasteiger partial charge in [0.1, 0.15) is 5.75 Å². The summed E-state index contributed by atoms with van der Waals surface area (Å²) in [7, 11) is 0. The highest BCUT2D eigenvalue weighted by atomic mass is 19.2. The molecule has 0 fully saturated rings. The van der Waals surface area contributed by atoms with Gasteiger partial charge in [-0.2, -0.15) is 0 Å². The molecular formula is C29H33F2NO2. The van der Waals surface area contributed by atoms with Gasteiger partial charge in [0, 0.05) is 23.3 Å². The maximum Gasteiger partial charge on any atom is 0.167 e. The Morgan fingerprint density at radius 3 is 2.41 bits per heavy atom. The molecular weight excluding hydrogens is 432 g/mol. The molecule has 0 aliphatic rings. The van der Waals surface area contributed by atoms with Crippen molar-refractivity contribution >= 4 is 6.08 Å². The summed E-state index contributed by atoms with van der Waals surface area (Å²) in [6.07, 6.45) is 11.3. The van der Waals surface area contributed by atoms with Crippen molar-refractivity contribution in [2.45, 2.75) is 58.5 Å². The average molecular weight is 466 g/mol. The quantitative estimate of drug-likeness (QED) is 0.274. The van der Waals surface area contributed by atoms with Crippen LogP contribution in [0.2, 0.25) is 0 Å².